The van der Waals surface area contributed by atoms with E-state index < -0.39 is 11.4 Å². The molecule has 2 unspecified atom stereocenters. The summed E-state index contributed by atoms with van der Waals surface area (Å²) in [6.45, 7) is 5.45. The summed E-state index contributed by atoms with van der Waals surface area (Å²) < 4.78 is 10.3. The average Bonchev–Trinajstić information content (AvgIpc) is 1.65. The van der Waals surface area contributed by atoms with Crippen LogP contribution in [0.15, 0.2) is 12.7 Å². The van der Waals surface area contributed by atoms with E-state index in [0.29, 0.717) is 5.75 Å². The van der Waals surface area contributed by atoms with Gasteiger partial charge in [-0.1, -0.05) is 13.0 Å². The predicted molar refractivity (Wildman–Crippen MR) is 36.6 cm³/mol. The monoisotopic (exact) mass is 133 g/mol. The molecule has 0 spiro atoms. The highest BCUT2D eigenvalue weighted by Gasteiger charge is 2.02. The Hall–Kier alpha value is 0.01000. The highest BCUT2D eigenvalue weighted by Crippen LogP contribution is 1.96. The van der Waals surface area contributed by atoms with Crippen molar-refractivity contribution in [2.45, 2.75) is 6.92 Å². The van der Waals surface area contributed by atoms with Gasteiger partial charge in [0.2, 0.25) is 0 Å². The molecule has 0 aromatic rings. The fourth-order valence-electron chi connectivity index (χ4n) is 0.327. The topological polar surface area (TPSA) is 49.1 Å². The number of hydrogen-bond donors (Lipinski definition) is 1. The van der Waals surface area contributed by atoms with Gasteiger partial charge in [-0.2, -0.15) is 5.14 Å². The lowest BCUT2D eigenvalue weighted by molar-refractivity contribution is 0.589. The van der Waals surface area contributed by atoms with E-state index in [2.05, 4.69) is 6.58 Å². The lowest BCUT2D eigenvalue weighted by atomic mass is 10.2. The van der Waals surface area contributed by atoms with Gasteiger partial charge >= 0.3 is 0 Å². The van der Waals surface area contributed by atoms with E-state index in [0.717, 1.165) is 0 Å². The van der Waals surface area contributed by atoms with Crippen LogP contribution in [0.4, 0.5) is 0 Å². The minimum atomic E-state index is -1.17. The smallest absolute Gasteiger partial charge is 0.131 e. The van der Waals surface area contributed by atoms with Crippen molar-refractivity contribution in [1.29, 1.82) is 0 Å². The van der Waals surface area contributed by atoms with Gasteiger partial charge in [0.25, 0.3) is 0 Å². The Morgan fingerprint density at radius 2 is 2.50 bits per heavy atom. The summed E-state index contributed by atoms with van der Waals surface area (Å²) in [6.07, 6.45) is 1.74. The van der Waals surface area contributed by atoms with Gasteiger partial charge < -0.3 is 4.55 Å². The quantitative estimate of drug-likeness (QED) is 0.448. The predicted octanol–water partition coefficient (Wildman–Crippen LogP) is 0.431. The largest absolute Gasteiger partial charge is 0.598 e. The zero-order valence-corrected chi connectivity index (χ0v) is 5.78. The maximum Gasteiger partial charge on any atom is 0.131 e. The van der Waals surface area contributed by atoms with E-state index >= 15 is 0 Å². The lowest BCUT2D eigenvalue weighted by Crippen LogP contribution is -2.20. The molecule has 0 bridgehead atoms. The molecular weight excluding hydrogens is 122 g/mol. The van der Waals surface area contributed by atoms with E-state index in [4.69, 9.17) is 5.14 Å². The number of allylic oxidation sites excluding steroid dienone is 1. The zero-order valence-electron chi connectivity index (χ0n) is 4.96. The molecule has 0 radical (unpaired) electrons. The third kappa shape index (κ3) is 4.18. The van der Waals surface area contributed by atoms with E-state index in [-0.39, 0.29) is 5.92 Å². The van der Waals surface area contributed by atoms with Crippen LogP contribution in [0.1, 0.15) is 6.92 Å². The maximum atomic E-state index is 10.3. The molecule has 0 aromatic heterocycles. The summed E-state index contributed by atoms with van der Waals surface area (Å²) in [4.78, 5) is 0. The van der Waals surface area contributed by atoms with Gasteiger partial charge in [0.1, 0.15) is 5.75 Å². The zero-order chi connectivity index (χ0) is 6.57. The summed E-state index contributed by atoms with van der Waals surface area (Å²) in [5.74, 6) is 0.782. The molecule has 0 heterocycles. The fraction of sp³-hybridized carbons (Fsp3) is 0.600. The molecule has 0 fully saturated rings. The normalized spacial score (nSPS) is 17.4. The van der Waals surface area contributed by atoms with Crippen molar-refractivity contribution in [2.75, 3.05) is 5.75 Å². The van der Waals surface area contributed by atoms with Gasteiger partial charge in [-0.05, 0) is 0 Å². The van der Waals surface area contributed by atoms with Crippen molar-refractivity contribution < 1.29 is 4.55 Å². The Kier molecular flexibility index (Phi) is 3.95. The number of hydrogen-bond acceptors (Lipinski definition) is 2. The Labute approximate surface area is 53.1 Å². The van der Waals surface area contributed by atoms with Gasteiger partial charge in [0.15, 0.2) is 0 Å². The van der Waals surface area contributed by atoms with Crippen molar-refractivity contribution in [2.24, 2.45) is 11.1 Å². The van der Waals surface area contributed by atoms with Crippen LogP contribution < -0.4 is 5.14 Å². The first kappa shape index (κ1) is 8.01. The summed E-state index contributed by atoms with van der Waals surface area (Å²) >= 11 is -1.17. The standard InChI is InChI=1S/C5H11NOS/c1-3-5(2)4-8(6)7/h3,5H,1,4,6H2,2H3. The Morgan fingerprint density at radius 1 is 2.00 bits per heavy atom. The Bertz CT molecular complexity index is 74.8. The molecular formula is C5H11NOS. The molecule has 2 atom stereocenters. The third-order valence-corrected chi connectivity index (χ3v) is 1.68. The van der Waals surface area contributed by atoms with Crippen molar-refractivity contribution in [3.8, 4) is 0 Å². The number of rotatable bonds is 3. The van der Waals surface area contributed by atoms with Gasteiger partial charge in [-0.15, -0.1) is 6.58 Å². The average molecular weight is 133 g/mol. The first-order chi connectivity index (χ1) is 3.66. The van der Waals surface area contributed by atoms with Crippen molar-refractivity contribution in [1.82, 2.24) is 0 Å². The van der Waals surface area contributed by atoms with Gasteiger partial charge in [0.05, 0.1) is 0 Å². The molecule has 0 aromatic carbocycles. The van der Waals surface area contributed by atoms with Crippen LogP contribution in [-0.4, -0.2) is 10.3 Å². The highest BCUT2D eigenvalue weighted by molar-refractivity contribution is 7.89. The van der Waals surface area contributed by atoms with Gasteiger partial charge in [-0.3, -0.25) is 0 Å². The van der Waals surface area contributed by atoms with Crippen LogP contribution >= 0.6 is 0 Å². The molecule has 0 saturated carbocycles. The second-order valence-electron chi connectivity index (χ2n) is 1.76. The molecule has 0 aliphatic rings. The highest BCUT2D eigenvalue weighted by atomic mass is 32.2. The lowest BCUT2D eigenvalue weighted by Gasteiger charge is -2.05. The first-order valence-corrected chi connectivity index (χ1v) is 3.80. The SMILES string of the molecule is C=CC(C)C[S+](N)[O-]. The molecule has 0 rings (SSSR count). The van der Waals surface area contributed by atoms with E-state index in [1.807, 2.05) is 6.92 Å². The van der Waals surface area contributed by atoms with Crippen molar-refractivity contribution in [3.63, 3.8) is 0 Å². The van der Waals surface area contributed by atoms with E-state index in [1.165, 1.54) is 0 Å². The number of nitrogens with two attached hydrogens (primary N) is 1. The minimum Gasteiger partial charge on any atom is -0.598 e. The summed E-state index contributed by atoms with van der Waals surface area (Å²) in [5, 5.41) is 4.99. The molecule has 0 aliphatic carbocycles. The van der Waals surface area contributed by atoms with E-state index in [1.54, 1.807) is 6.08 Å². The summed E-state index contributed by atoms with van der Waals surface area (Å²) in [7, 11) is 0. The van der Waals surface area contributed by atoms with Crippen LogP contribution in [0.25, 0.3) is 0 Å². The molecule has 48 valence electrons. The van der Waals surface area contributed by atoms with Gasteiger partial charge in [-0.25, -0.2) is 0 Å². The first-order valence-electron chi connectivity index (χ1n) is 2.42. The minimum absolute atomic E-state index is 0.265. The summed E-state index contributed by atoms with van der Waals surface area (Å²) in [5.41, 5.74) is 0. The van der Waals surface area contributed by atoms with Crippen LogP contribution in [0, 0.1) is 5.92 Å². The molecule has 0 aliphatic heterocycles. The third-order valence-electron chi connectivity index (χ3n) is 0.830. The maximum absolute atomic E-state index is 10.3. The van der Waals surface area contributed by atoms with Crippen LogP contribution in [0.3, 0.4) is 0 Å². The van der Waals surface area contributed by atoms with Crippen LogP contribution in [-0.2, 0) is 11.4 Å². The van der Waals surface area contributed by atoms with Crippen LogP contribution in [0.5, 0.6) is 0 Å². The van der Waals surface area contributed by atoms with E-state index in [9.17, 15) is 4.55 Å². The Morgan fingerprint density at radius 3 is 2.62 bits per heavy atom. The molecule has 3 heteroatoms. The Balaban J connectivity index is 3.23. The molecule has 8 heavy (non-hydrogen) atoms. The molecule has 0 amide bonds. The summed E-state index contributed by atoms with van der Waals surface area (Å²) in [6, 6.07) is 0. The second kappa shape index (κ2) is 3.95. The van der Waals surface area contributed by atoms with Crippen molar-refractivity contribution >= 4 is 11.4 Å². The van der Waals surface area contributed by atoms with Gasteiger partial charge in [0, 0.05) is 17.3 Å². The molecule has 0 saturated heterocycles. The van der Waals surface area contributed by atoms with Crippen LogP contribution in [0.2, 0.25) is 0 Å². The fourth-order valence-corrected chi connectivity index (χ4v) is 0.981. The second-order valence-corrected chi connectivity index (χ2v) is 2.86. The molecule has 2 nitrogen and oxygen atoms in total. The van der Waals surface area contributed by atoms with Crippen molar-refractivity contribution in [3.05, 3.63) is 12.7 Å². The molecule has 2 N–H and O–H groups in total.